The van der Waals surface area contributed by atoms with Crippen LogP contribution in [-0.2, 0) is 4.79 Å². The summed E-state index contributed by atoms with van der Waals surface area (Å²) in [6.07, 6.45) is 0. The fourth-order valence-electron chi connectivity index (χ4n) is 2.63. The van der Waals surface area contributed by atoms with Gasteiger partial charge in [-0.3, -0.25) is 4.79 Å². The second-order valence-electron chi connectivity index (χ2n) is 5.87. The summed E-state index contributed by atoms with van der Waals surface area (Å²) in [5.74, 6) is 7.35. The minimum atomic E-state index is -0.0989. The van der Waals surface area contributed by atoms with Crippen LogP contribution in [0.15, 0.2) is 59.8 Å². The fraction of sp³-hybridized carbons (Fsp3) is 0.211. The molecule has 1 heterocycles. The number of carbonyl (C=O) groups is 1. The summed E-state index contributed by atoms with van der Waals surface area (Å²) < 4.78 is 6.71. The number of thioether (sulfide) groups is 1. The van der Waals surface area contributed by atoms with Gasteiger partial charge in [0.2, 0.25) is 11.1 Å². The molecule has 0 fully saturated rings. The Morgan fingerprint density at radius 3 is 2.63 bits per heavy atom. The highest BCUT2D eigenvalue weighted by Crippen LogP contribution is 2.29. The van der Waals surface area contributed by atoms with Crippen LogP contribution >= 0.6 is 11.8 Å². The molecular weight excluding hydrogens is 362 g/mol. The standard InChI is InChI=1S/C19H21N5O2S/c1-13(14-8-4-3-5-9-14)21-17(25)12-27-19-23-22-18(24(19)20)15-10-6-7-11-16(15)26-2/h3-11,13H,12,20H2,1-2H3,(H,21,25)/t13-/m1/s1. The van der Waals surface area contributed by atoms with Crippen molar-refractivity contribution in [3.05, 3.63) is 60.2 Å². The van der Waals surface area contributed by atoms with Gasteiger partial charge in [-0.05, 0) is 24.6 Å². The SMILES string of the molecule is COc1ccccc1-c1nnc(SCC(=O)N[C@H](C)c2ccccc2)n1N. The molecule has 0 aliphatic rings. The number of nitrogens with zero attached hydrogens (tertiary/aromatic N) is 3. The molecule has 0 radical (unpaired) electrons. The van der Waals surface area contributed by atoms with E-state index in [1.807, 2.05) is 61.5 Å². The highest BCUT2D eigenvalue weighted by molar-refractivity contribution is 7.99. The second-order valence-corrected chi connectivity index (χ2v) is 6.81. The molecule has 0 bridgehead atoms. The van der Waals surface area contributed by atoms with Crippen LogP contribution in [-0.4, -0.2) is 33.6 Å². The van der Waals surface area contributed by atoms with Gasteiger partial charge in [-0.1, -0.05) is 54.2 Å². The topological polar surface area (TPSA) is 95.1 Å². The van der Waals surface area contributed by atoms with Crippen LogP contribution in [0.25, 0.3) is 11.4 Å². The Kier molecular flexibility index (Phi) is 5.97. The van der Waals surface area contributed by atoms with Gasteiger partial charge in [0.05, 0.1) is 24.5 Å². The number of ether oxygens (including phenoxy) is 1. The van der Waals surface area contributed by atoms with Crippen LogP contribution in [0.3, 0.4) is 0 Å². The Morgan fingerprint density at radius 2 is 1.89 bits per heavy atom. The van der Waals surface area contributed by atoms with Gasteiger partial charge < -0.3 is 15.9 Å². The molecule has 2 aromatic carbocycles. The summed E-state index contributed by atoms with van der Waals surface area (Å²) in [5, 5.41) is 11.7. The monoisotopic (exact) mass is 383 g/mol. The highest BCUT2D eigenvalue weighted by Gasteiger charge is 2.17. The molecule has 1 amide bonds. The number of nitrogens with two attached hydrogens (primary N) is 1. The van der Waals surface area contributed by atoms with Crippen molar-refractivity contribution < 1.29 is 9.53 Å². The lowest BCUT2D eigenvalue weighted by atomic mass is 10.1. The maximum absolute atomic E-state index is 12.2. The third kappa shape index (κ3) is 4.40. The van der Waals surface area contributed by atoms with Crippen molar-refractivity contribution in [3.8, 4) is 17.1 Å². The number of hydrogen-bond donors (Lipinski definition) is 2. The molecule has 1 atom stereocenters. The molecular formula is C19H21N5O2S. The number of hydrogen-bond acceptors (Lipinski definition) is 6. The average Bonchev–Trinajstić information content (AvgIpc) is 3.07. The lowest BCUT2D eigenvalue weighted by molar-refractivity contribution is -0.119. The van der Waals surface area contributed by atoms with E-state index in [0.29, 0.717) is 16.7 Å². The van der Waals surface area contributed by atoms with E-state index in [9.17, 15) is 4.79 Å². The summed E-state index contributed by atoms with van der Waals surface area (Å²) >= 11 is 1.23. The van der Waals surface area contributed by atoms with Crippen molar-refractivity contribution in [2.24, 2.45) is 0 Å². The molecule has 0 saturated carbocycles. The van der Waals surface area contributed by atoms with Gasteiger partial charge in [0.25, 0.3) is 0 Å². The van der Waals surface area contributed by atoms with E-state index < -0.39 is 0 Å². The van der Waals surface area contributed by atoms with Gasteiger partial charge >= 0.3 is 0 Å². The smallest absolute Gasteiger partial charge is 0.230 e. The Balaban J connectivity index is 1.64. The molecule has 3 rings (SSSR count). The molecule has 8 heteroatoms. The lowest BCUT2D eigenvalue weighted by Crippen LogP contribution is -2.28. The van der Waals surface area contributed by atoms with Crippen LogP contribution in [0.2, 0.25) is 0 Å². The Labute approximate surface area is 161 Å². The molecule has 0 unspecified atom stereocenters. The Hall–Kier alpha value is -3.00. The minimum Gasteiger partial charge on any atom is -0.496 e. The van der Waals surface area contributed by atoms with E-state index >= 15 is 0 Å². The molecule has 1 aromatic heterocycles. The van der Waals surface area contributed by atoms with Crippen molar-refractivity contribution >= 4 is 17.7 Å². The van der Waals surface area contributed by atoms with Crippen molar-refractivity contribution in [3.63, 3.8) is 0 Å². The first kappa shape index (κ1) is 18.8. The number of amides is 1. The summed E-state index contributed by atoms with van der Waals surface area (Å²) in [6.45, 7) is 1.95. The zero-order chi connectivity index (χ0) is 19.2. The van der Waals surface area contributed by atoms with Gasteiger partial charge in [-0.15, -0.1) is 10.2 Å². The predicted octanol–water partition coefficient (Wildman–Crippen LogP) is 2.64. The number of para-hydroxylation sites is 1. The van der Waals surface area contributed by atoms with E-state index in [1.165, 1.54) is 16.4 Å². The first-order chi connectivity index (χ1) is 13.1. The van der Waals surface area contributed by atoms with E-state index in [4.69, 9.17) is 10.6 Å². The molecule has 0 aliphatic heterocycles. The highest BCUT2D eigenvalue weighted by atomic mass is 32.2. The largest absolute Gasteiger partial charge is 0.496 e. The molecule has 7 nitrogen and oxygen atoms in total. The fourth-order valence-corrected chi connectivity index (χ4v) is 3.29. The van der Waals surface area contributed by atoms with Gasteiger partial charge in [0, 0.05) is 0 Å². The average molecular weight is 383 g/mol. The molecule has 3 aromatic rings. The summed E-state index contributed by atoms with van der Waals surface area (Å²) in [5.41, 5.74) is 1.79. The number of aromatic nitrogens is 3. The van der Waals surface area contributed by atoms with Gasteiger partial charge in [-0.25, -0.2) is 4.68 Å². The second kappa shape index (κ2) is 8.59. The maximum atomic E-state index is 12.2. The van der Waals surface area contributed by atoms with Gasteiger partial charge in [0.1, 0.15) is 5.75 Å². The third-order valence-electron chi connectivity index (χ3n) is 4.02. The third-order valence-corrected chi connectivity index (χ3v) is 4.96. The Morgan fingerprint density at radius 1 is 1.19 bits per heavy atom. The first-order valence-electron chi connectivity index (χ1n) is 8.41. The van der Waals surface area contributed by atoms with Crippen molar-refractivity contribution in [1.82, 2.24) is 20.2 Å². The van der Waals surface area contributed by atoms with E-state index in [1.54, 1.807) is 7.11 Å². The number of nitrogens with one attached hydrogen (secondary N) is 1. The van der Waals surface area contributed by atoms with Crippen molar-refractivity contribution in [1.29, 1.82) is 0 Å². The number of carbonyl (C=O) groups excluding carboxylic acids is 1. The quantitative estimate of drug-likeness (QED) is 0.481. The summed E-state index contributed by atoms with van der Waals surface area (Å²) in [7, 11) is 1.59. The normalized spacial score (nSPS) is 11.8. The number of methoxy groups -OCH3 is 1. The molecule has 0 saturated heterocycles. The van der Waals surface area contributed by atoms with Crippen LogP contribution in [0.4, 0.5) is 0 Å². The van der Waals surface area contributed by atoms with Gasteiger partial charge in [0.15, 0.2) is 5.82 Å². The number of nitrogen functional groups attached to an aromatic ring is 1. The first-order valence-corrected chi connectivity index (χ1v) is 9.39. The number of benzene rings is 2. The number of rotatable bonds is 7. The van der Waals surface area contributed by atoms with E-state index in [2.05, 4.69) is 15.5 Å². The molecule has 3 N–H and O–H groups in total. The van der Waals surface area contributed by atoms with E-state index in [0.717, 1.165) is 11.1 Å². The molecule has 140 valence electrons. The van der Waals surface area contributed by atoms with Crippen molar-refractivity contribution in [2.45, 2.75) is 18.1 Å². The summed E-state index contributed by atoms with van der Waals surface area (Å²) in [6, 6.07) is 17.2. The molecule has 27 heavy (non-hydrogen) atoms. The lowest BCUT2D eigenvalue weighted by Gasteiger charge is -2.14. The minimum absolute atomic E-state index is 0.0702. The predicted molar refractivity (Wildman–Crippen MR) is 106 cm³/mol. The summed E-state index contributed by atoms with van der Waals surface area (Å²) in [4.78, 5) is 12.2. The maximum Gasteiger partial charge on any atom is 0.230 e. The van der Waals surface area contributed by atoms with Crippen LogP contribution in [0.1, 0.15) is 18.5 Å². The van der Waals surface area contributed by atoms with E-state index in [-0.39, 0.29) is 17.7 Å². The van der Waals surface area contributed by atoms with Crippen molar-refractivity contribution in [2.75, 3.05) is 18.7 Å². The molecule has 0 aliphatic carbocycles. The molecule has 0 spiro atoms. The zero-order valence-electron chi connectivity index (χ0n) is 15.1. The van der Waals surface area contributed by atoms with Gasteiger partial charge in [-0.2, -0.15) is 0 Å². The van der Waals surface area contributed by atoms with Crippen LogP contribution in [0, 0.1) is 0 Å². The Bertz CT molecular complexity index is 913. The van der Waals surface area contributed by atoms with Crippen LogP contribution < -0.4 is 15.9 Å². The zero-order valence-corrected chi connectivity index (χ0v) is 15.9. The van der Waals surface area contributed by atoms with Crippen LogP contribution in [0.5, 0.6) is 5.75 Å².